The third kappa shape index (κ3) is 1.89. The van der Waals surface area contributed by atoms with Crippen LogP contribution in [0.4, 0.5) is 0 Å². The third-order valence-electron chi connectivity index (χ3n) is 3.24. The maximum Gasteiger partial charge on any atom is 0.307 e. The van der Waals surface area contributed by atoms with E-state index in [9.17, 15) is 4.79 Å². The summed E-state index contributed by atoms with van der Waals surface area (Å²) in [6, 6.07) is 0. The largest absolute Gasteiger partial charge is 0.481 e. The molecule has 15 heavy (non-hydrogen) atoms. The fourth-order valence-corrected chi connectivity index (χ4v) is 2.40. The summed E-state index contributed by atoms with van der Waals surface area (Å²) >= 11 is 0. The monoisotopic (exact) mass is 208 g/mol. The summed E-state index contributed by atoms with van der Waals surface area (Å²) in [5.74, 6) is -0.705. The van der Waals surface area contributed by atoms with Gasteiger partial charge in [-0.1, -0.05) is 6.42 Å². The summed E-state index contributed by atoms with van der Waals surface area (Å²) in [6.07, 6.45) is 6.59. The number of carboxylic acids is 1. The molecule has 1 heterocycles. The Morgan fingerprint density at radius 2 is 2.47 bits per heavy atom. The number of aliphatic carboxylic acids is 1. The Morgan fingerprint density at radius 3 is 3.07 bits per heavy atom. The number of rotatable bonds is 3. The number of aryl methyl sites for hydroxylation is 1. The molecule has 0 bridgehead atoms. The maximum absolute atomic E-state index is 11.0. The molecule has 1 aromatic rings. The lowest BCUT2D eigenvalue weighted by Gasteiger charge is -2.13. The maximum atomic E-state index is 11.0. The standard InChI is InChI=1S/C11H16N2O2/c1-2-13-7-8(6-12-13)9-4-3-5-10(9)11(14)15/h6-7,9-10H,2-5H2,1H3,(H,14,15). The first-order valence-corrected chi connectivity index (χ1v) is 5.47. The van der Waals surface area contributed by atoms with Crippen molar-refractivity contribution in [2.45, 2.75) is 38.6 Å². The lowest BCUT2D eigenvalue weighted by Crippen LogP contribution is -2.16. The Hall–Kier alpha value is -1.32. The second-order valence-electron chi connectivity index (χ2n) is 4.11. The molecule has 0 spiro atoms. The molecule has 1 saturated carbocycles. The van der Waals surface area contributed by atoms with Gasteiger partial charge in [-0.25, -0.2) is 0 Å². The smallest absolute Gasteiger partial charge is 0.307 e. The summed E-state index contributed by atoms with van der Waals surface area (Å²) in [5, 5.41) is 13.3. The molecule has 1 aliphatic rings. The molecule has 2 unspecified atom stereocenters. The van der Waals surface area contributed by atoms with E-state index in [4.69, 9.17) is 5.11 Å². The Morgan fingerprint density at radius 1 is 1.67 bits per heavy atom. The predicted molar refractivity (Wildman–Crippen MR) is 55.6 cm³/mol. The molecule has 2 atom stereocenters. The van der Waals surface area contributed by atoms with Gasteiger partial charge in [-0.05, 0) is 25.3 Å². The van der Waals surface area contributed by atoms with Crippen molar-refractivity contribution in [1.29, 1.82) is 0 Å². The highest BCUT2D eigenvalue weighted by Gasteiger charge is 2.34. The van der Waals surface area contributed by atoms with E-state index >= 15 is 0 Å². The van der Waals surface area contributed by atoms with Crippen molar-refractivity contribution in [2.75, 3.05) is 0 Å². The van der Waals surface area contributed by atoms with Gasteiger partial charge >= 0.3 is 5.97 Å². The number of nitrogens with zero attached hydrogens (tertiary/aromatic N) is 2. The molecule has 0 aromatic carbocycles. The van der Waals surface area contributed by atoms with Crippen LogP contribution in [0, 0.1) is 5.92 Å². The van der Waals surface area contributed by atoms with Crippen LogP contribution in [-0.4, -0.2) is 20.9 Å². The molecule has 4 nitrogen and oxygen atoms in total. The van der Waals surface area contributed by atoms with Crippen LogP contribution in [0.5, 0.6) is 0 Å². The molecule has 4 heteroatoms. The van der Waals surface area contributed by atoms with Gasteiger partial charge in [-0.15, -0.1) is 0 Å². The van der Waals surface area contributed by atoms with Gasteiger partial charge in [0.05, 0.1) is 12.1 Å². The van der Waals surface area contributed by atoms with Gasteiger partial charge in [0.2, 0.25) is 0 Å². The van der Waals surface area contributed by atoms with Gasteiger partial charge in [0.25, 0.3) is 0 Å². The van der Waals surface area contributed by atoms with Crippen LogP contribution >= 0.6 is 0 Å². The van der Waals surface area contributed by atoms with E-state index in [1.807, 2.05) is 24.0 Å². The molecule has 0 amide bonds. The number of carboxylic acid groups (broad SMARTS) is 1. The zero-order valence-electron chi connectivity index (χ0n) is 8.89. The van der Waals surface area contributed by atoms with Crippen LogP contribution in [0.25, 0.3) is 0 Å². The van der Waals surface area contributed by atoms with Crippen LogP contribution in [0.3, 0.4) is 0 Å². The van der Waals surface area contributed by atoms with Crippen molar-refractivity contribution in [1.82, 2.24) is 9.78 Å². The van der Waals surface area contributed by atoms with Gasteiger partial charge in [0.15, 0.2) is 0 Å². The molecular weight excluding hydrogens is 192 g/mol. The Labute approximate surface area is 88.9 Å². The van der Waals surface area contributed by atoms with E-state index in [1.54, 1.807) is 0 Å². The van der Waals surface area contributed by atoms with E-state index in [0.717, 1.165) is 31.4 Å². The summed E-state index contributed by atoms with van der Waals surface area (Å²) in [5.41, 5.74) is 1.08. The minimum absolute atomic E-state index is 0.169. The number of hydrogen-bond donors (Lipinski definition) is 1. The molecule has 2 rings (SSSR count). The van der Waals surface area contributed by atoms with Crippen molar-refractivity contribution in [3.8, 4) is 0 Å². The Kier molecular flexibility index (Phi) is 2.75. The van der Waals surface area contributed by atoms with Crippen molar-refractivity contribution in [3.63, 3.8) is 0 Å². The molecule has 0 radical (unpaired) electrons. The molecule has 0 saturated heterocycles. The third-order valence-corrected chi connectivity index (χ3v) is 3.24. The predicted octanol–water partition coefficient (Wildman–Crippen LogP) is 1.87. The van der Waals surface area contributed by atoms with Crippen LogP contribution in [0.2, 0.25) is 0 Å². The number of hydrogen-bond acceptors (Lipinski definition) is 2. The highest BCUT2D eigenvalue weighted by atomic mass is 16.4. The lowest BCUT2D eigenvalue weighted by molar-refractivity contribution is -0.142. The number of carbonyl (C=O) groups is 1. The highest BCUT2D eigenvalue weighted by Crippen LogP contribution is 2.39. The molecule has 1 fully saturated rings. The van der Waals surface area contributed by atoms with Gasteiger partial charge in [-0.3, -0.25) is 9.48 Å². The first-order chi connectivity index (χ1) is 7.22. The summed E-state index contributed by atoms with van der Waals surface area (Å²) in [7, 11) is 0. The average molecular weight is 208 g/mol. The summed E-state index contributed by atoms with van der Waals surface area (Å²) in [6.45, 7) is 2.87. The first kappa shape index (κ1) is 10.2. The molecule has 0 aliphatic heterocycles. The Bertz CT molecular complexity index is 359. The van der Waals surface area contributed by atoms with Gasteiger partial charge in [0.1, 0.15) is 0 Å². The topological polar surface area (TPSA) is 55.1 Å². The van der Waals surface area contributed by atoms with Crippen molar-refractivity contribution in [2.24, 2.45) is 5.92 Å². The van der Waals surface area contributed by atoms with Crippen LogP contribution in [-0.2, 0) is 11.3 Å². The van der Waals surface area contributed by atoms with Crippen LogP contribution in [0.1, 0.15) is 37.7 Å². The average Bonchev–Trinajstić information content (AvgIpc) is 2.85. The van der Waals surface area contributed by atoms with Gasteiger partial charge in [0, 0.05) is 18.7 Å². The van der Waals surface area contributed by atoms with Crippen molar-refractivity contribution in [3.05, 3.63) is 18.0 Å². The SMILES string of the molecule is CCn1cc(C2CCCC2C(=O)O)cn1. The zero-order valence-corrected chi connectivity index (χ0v) is 8.89. The minimum Gasteiger partial charge on any atom is -0.481 e. The van der Waals surface area contributed by atoms with Gasteiger partial charge < -0.3 is 5.11 Å². The van der Waals surface area contributed by atoms with E-state index in [0.29, 0.717) is 0 Å². The van der Waals surface area contributed by atoms with E-state index in [1.165, 1.54) is 0 Å². The fourth-order valence-electron chi connectivity index (χ4n) is 2.40. The molecule has 1 aromatic heterocycles. The van der Waals surface area contributed by atoms with Crippen molar-refractivity contribution >= 4 is 5.97 Å². The van der Waals surface area contributed by atoms with Crippen LogP contribution < -0.4 is 0 Å². The quantitative estimate of drug-likeness (QED) is 0.825. The Balaban J connectivity index is 2.18. The normalized spacial score (nSPS) is 25.7. The molecule has 82 valence electrons. The molecule has 1 aliphatic carbocycles. The van der Waals surface area contributed by atoms with Crippen molar-refractivity contribution < 1.29 is 9.90 Å². The van der Waals surface area contributed by atoms with E-state index in [-0.39, 0.29) is 11.8 Å². The van der Waals surface area contributed by atoms with E-state index < -0.39 is 5.97 Å². The second-order valence-corrected chi connectivity index (χ2v) is 4.11. The summed E-state index contributed by atoms with van der Waals surface area (Å²) in [4.78, 5) is 11.0. The number of aromatic nitrogens is 2. The fraction of sp³-hybridized carbons (Fsp3) is 0.636. The lowest BCUT2D eigenvalue weighted by atomic mass is 9.91. The van der Waals surface area contributed by atoms with Crippen LogP contribution in [0.15, 0.2) is 12.4 Å². The van der Waals surface area contributed by atoms with Gasteiger partial charge in [-0.2, -0.15) is 5.10 Å². The van der Waals surface area contributed by atoms with E-state index in [2.05, 4.69) is 5.10 Å². The highest BCUT2D eigenvalue weighted by molar-refractivity contribution is 5.71. The summed E-state index contributed by atoms with van der Waals surface area (Å²) < 4.78 is 1.85. The molecule has 1 N–H and O–H groups in total. The molecular formula is C11H16N2O2. The first-order valence-electron chi connectivity index (χ1n) is 5.47. The second kappa shape index (κ2) is 4.04. The zero-order chi connectivity index (χ0) is 10.8. The minimum atomic E-state index is -0.665.